The fourth-order valence-electron chi connectivity index (χ4n) is 0.299. The van der Waals surface area contributed by atoms with Crippen molar-refractivity contribution in [3.8, 4) is 12.1 Å². The van der Waals surface area contributed by atoms with Gasteiger partial charge in [-0.3, -0.25) is 0 Å². The molecule has 5 nitrogen and oxygen atoms in total. The summed E-state index contributed by atoms with van der Waals surface area (Å²) in [6.45, 7) is 0. The Bertz CT molecular complexity index is 239. The van der Waals surface area contributed by atoms with Gasteiger partial charge in [0.05, 0.1) is 0 Å². The van der Waals surface area contributed by atoms with Crippen LogP contribution in [0.25, 0.3) is 0 Å². The van der Waals surface area contributed by atoms with Crippen molar-refractivity contribution in [2.45, 2.75) is 0 Å². The Kier molecular flexibility index (Phi) is 3.95. The molecule has 0 saturated carbocycles. The number of urea groups is 1. The quantitative estimate of drug-likeness (QED) is 0.509. The summed E-state index contributed by atoms with van der Waals surface area (Å²) in [6, 6.07) is 2.71. The number of carbonyl (C=O) groups is 1. The van der Waals surface area contributed by atoms with E-state index in [0.29, 0.717) is 0 Å². The summed E-state index contributed by atoms with van der Waals surface area (Å²) in [7, 11) is 1.43. The summed E-state index contributed by atoms with van der Waals surface area (Å²) in [6.07, 6.45) is 1.04. The van der Waals surface area contributed by atoms with E-state index in [0.717, 1.165) is 6.20 Å². The second kappa shape index (κ2) is 4.83. The third kappa shape index (κ3) is 3.55. The first kappa shape index (κ1) is 8.99. The first-order chi connectivity index (χ1) is 5.24. The summed E-state index contributed by atoms with van der Waals surface area (Å²) >= 11 is 0. The van der Waals surface area contributed by atoms with Crippen LogP contribution in [0.1, 0.15) is 0 Å². The molecule has 0 fully saturated rings. The van der Waals surface area contributed by atoms with Gasteiger partial charge in [-0.05, 0) is 0 Å². The van der Waals surface area contributed by atoms with Gasteiger partial charge < -0.3 is 10.6 Å². The van der Waals surface area contributed by atoms with Crippen LogP contribution in [0.15, 0.2) is 11.8 Å². The highest BCUT2D eigenvalue weighted by Gasteiger charge is 1.93. The molecule has 0 rings (SSSR count). The van der Waals surface area contributed by atoms with Crippen molar-refractivity contribution in [1.29, 1.82) is 10.5 Å². The van der Waals surface area contributed by atoms with Gasteiger partial charge in [0.25, 0.3) is 0 Å². The topological polar surface area (TPSA) is 88.7 Å². The van der Waals surface area contributed by atoms with E-state index in [1.165, 1.54) is 7.05 Å². The molecule has 0 atom stereocenters. The lowest BCUT2D eigenvalue weighted by Gasteiger charge is -1.94. The molecular formula is C6H6N4O. The average molecular weight is 150 g/mol. The van der Waals surface area contributed by atoms with E-state index < -0.39 is 6.03 Å². The van der Waals surface area contributed by atoms with E-state index in [2.05, 4.69) is 10.6 Å². The largest absolute Gasteiger partial charge is 0.341 e. The zero-order valence-corrected chi connectivity index (χ0v) is 5.88. The van der Waals surface area contributed by atoms with Gasteiger partial charge in [0.15, 0.2) is 0 Å². The van der Waals surface area contributed by atoms with Crippen LogP contribution in [-0.4, -0.2) is 13.1 Å². The number of rotatable bonds is 1. The van der Waals surface area contributed by atoms with Crippen molar-refractivity contribution >= 4 is 6.03 Å². The molecule has 0 unspecified atom stereocenters. The highest BCUT2D eigenvalue weighted by molar-refractivity contribution is 5.74. The Balaban J connectivity index is 4.05. The monoisotopic (exact) mass is 150 g/mol. The number of nitrogens with zero attached hydrogens (tertiary/aromatic N) is 2. The summed E-state index contributed by atoms with van der Waals surface area (Å²) in [5.74, 6) is 0. The van der Waals surface area contributed by atoms with Crippen molar-refractivity contribution in [2.75, 3.05) is 7.05 Å². The molecule has 0 aromatic rings. The second-order valence-electron chi connectivity index (χ2n) is 1.51. The van der Waals surface area contributed by atoms with Crippen LogP contribution in [0.2, 0.25) is 0 Å². The molecule has 11 heavy (non-hydrogen) atoms. The lowest BCUT2D eigenvalue weighted by Crippen LogP contribution is -2.28. The van der Waals surface area contributed by atoms with E-state index in [1.807, 2.05) is 0 Å². The summed E-state index contributed by atoms with van der Waals surface area (Å²) in [5.41, 5.74) is -0.145. The Labute approximate surface area is 63.9 Å². The van der Waals surface area contributed by atoms with E-state index in [4.69, 9.17) is 10.5 Å². The van der Waals surface area contributed by atoms with Crippen molar-refractivity contribution in [3.05, 3.63) is 11.8 Å². The molecule has 0 aliphatic heterocycles. The number of nitriles is 2. The van der Waals surface area contributed by atoms with Crippen LogP contribution in [0, 0.1) is 22.7 Å². The molecule has 0 heterocycles. The lowest BCUT2D eigenvalue weighted by molar-refractivity contribution is 0.246. The molecule has 2 amide bonds. The van der Waals surface area contributed by atoms with Gasteiger partial charge in [0.2, 0.25) is 0 Å². The summed E-state index contributed by atoms with van der Waals surface area (Å²) in [5, 5.41) is 20.8. The van der Waals surface area contributed by atoms with Crippen LogP contribution >= 0.6 is 0 Å². The van der Waals surface area contributed by atoms with E-state index in [-0.39, 0.29) is 5.57 Å². The molecule has 0 saturated heterocycles. The van der Waals surface area contributed by atoms with Gasteiger partial charge in [-0.2, -0.15) is 10.5 Å². The molecule has 0 spiro atoms. The predicted octanol–water partition coefficient (Wildman–Crippen LogP) is -0.154. The Morgan fingerprint density at radius 3 is 2.36 bits per heavy atom. The number of amides is 2. The molecule has 0 radical (unpaired) electrons. The SMILES string of the molecule is CNC(=O)NC=C(C#N)C#N. The van der Waals surface area contributed by atoms with Gasteiger partial charge in [0, 0.05) is 13.2 Å². The molecule has 0 aliphatic carbocycles. The fraction of sp³-hybridized carbons (Fsp3) is 0.167. The maximum absolute atomic E-state index is 10.5. The molecule has 5 heteroatoms. The van der Waals surface area contributed by atoms with Gasteiger partial charge >= 0.3 is 6.03 Å². The number of hydrogen-bond acceptors (Lipinski definition) is 3. The maximum Gasteiger partial charge on any atom is 0.318 e. The first-order valence-electron chi connectivity index (χ1n) is 2.73. The van der Waals surface area contributed by atoms with Gasteiger partial charge in [0.1, 0.15) is 17.7 Å². The van der Waals surface area contributed by atoms with Gasteiger partial charge in [-0.25, -0.2) is 4.79 Å². The van der Waals surface area contributed by atoms with Crippen LogP contribution < -0.4 is 10.6 Å². The second-order valence-corrected chi connectivity index (χ2v) is 1.51. The minimum atomic E-state index is -0.465. The summed E-state index contributed by atoms with van der Waals surface area (Å²) in [4.78, 5) is 10.5. The average Bonchev–Trinajstić information content (AvgIpc) is 2.06. The highest BCUT2D eigenvalue weighted by atomic mass is 16.2. The Morgan fingerprint density at radius 2 is 2.00 bits per heavy atom. The number of hydrogen-bond donors (Lipinski definition) is 2. The molecule has 0 bridgehead atoms. The van der Waals surface area contributed by atoms with Crippen molar-refractivity contribution in [2.24, 2.45) is 0 Å². The number of allylic oxidation sites excluding steroid dienone is 1. The minimum Gasteiger partial charge on any atom is -0.341 e. The third-order valence-corrected chi connectivity index (χ3v) is 0.816. The molecule has 0 aromatic heterocycles. The molecule has 56 valence electrons. The third-order valence-electron chi connectivity index (χ3n) is 0.816. The first-order valence-corrected chi connectivity index (χ1v) is 2.73. The van der Waals surface area contributed by atoms with E-state index in [1.54, 1.807) is 12.1 Å². The van der Waals surface area contributed by atoms with Crippen LogP contribution in [0.4, 0.5) is 4.79 Å². The maximum atomic E-state index is 10.5. The van der Waals surface area contributed by atoms with Crippen molar-refractivity contribution in [1.82, 2.24) is 10.6 Å². The molecule has 2 N–H and O–H groups in total. The van der Waals surface area contributed by atoms with E-state index in [9.17, 15) is 4.79 Å². The molecule has 0 aliphatic rings. The Hall–Kier alpha value is -2.01. The Morgan fingerprint density at radius 1 is 1.45 bits per heavy atom. The van der Waals surface area contributed by atoms with Crippen LogP contribution in [-0.2, 0) is 0 Å². The minimum absolute atomic E-state index is 0.145. The lowest BCUT2D eigenvalue weighted by atomic mass is 10.4. The van der Waals surface area contributed by atoms with Crippen molar-refractivity contribution < 1.29 is 4.79 Å². The number of carbonyl (C=O) groups excluding carboxylic acids is 1. The van der Waals surface area contributed by atoms with Crippen LogP contribution in [0.3, 0.4) is 0 Å². The standard InChI is InChI=1S/C6H6N4O/c1-9-6(11)10-4-5(2-7)3-8/h4H,1H3,(H2,9,10,11). The van der Waals surface area contributed by atoms with Gasteiger partial charge in [-0.15, -0.1) is 0 Å². The zero-order chi connectivity index (χ0) is 8.69. The van der Waals surface area contributed by atoms with Gasteiger partial charge in [-0.1, -0.05) is 0 Å². The highest BCUT2D eigenvalue weighted by Crippen LogP contribution is 1.83. The number of nitrogens with one attached hydrogen (secondary N) is 2. The van der Waals surface area contributed by atoms with Crippen LogP contribution in [0.5, 0.6) is 0 Å². The predicted molar refractivity (Wildman–Crippen MR) is 36.9 cm³/mol. The normalized spacial score (nSPS) is 6.82. The van der Waals surface area contributed by atoms with E-state index >= 15 is 0 Å². The fourth-order valence-corrected chi connectivity index (χ4v) is 0.299. The molecule has 0 aromatic carbocycles. The molecular weight excluding hydrogens is 144 g/mol. The van der Waals surface area contributed by atoms with Crippen molar-refractivity contribution in [3.63, 3.8) is 0 Å². The zero-order valence-electron chi connectivity index (χ0n) is 5.88. The smallest absolute Gasteiger partial charge is 0.318 e. The summed E-state index contributed by atoms with van der Waals surface area (Å²) < 4.78 is 0.